The highest BCUT2D eigenvalue weighted by Crippen LogP contribution is 2.40. The lowest BCUT2D eigenvalue weighted by molar-refractivity contribution is 0.156. The molecule has 0 saturated carbocycles. The molecule has 1 atom stereocenters. The molecule has 60 valence electrons. The van der Waals surface area contributed by atoms with Crippen LogP contribution in [0.15, 0.2) is 40.4 Å². The Bertz CT molecular complexity index is 339. The highest BCUT2D eigenvalue weighted by Gasteiger charge is 2.39. The number of hydrogen-bond acceptors (Lipinski definition) is 2. The smallest absolute Gasteiger partial charge is 0.171 e. The molecule has 0 aromatic rings. The first-order valence-corrected chi connectivity index (χ1v) is 4.15. The van der Waals surface area contributed by atoms with Gasteiger partial charge in [-0.1, -0.05) is 18.2 Å². The molecule has 2 heteroatoms. The Labute approximate surface area is 70.9 Å². The van der Waals surface area contributed by atoms with Crippen LogP contribution in [0.3, 0.4) is 0 Å². The lowest BCUT2D eigenvalue weighted by Crippen LogP contribution is -2.26. The van der Waals surface area contributed by atoms with E-state index in [1.807, 2.05) is 0 Å². The predicted octanol–water partition coefficient (Wildman–Crippen LogP) is 1.61. The normalized spacial score (nSPS) is 35.3. The highest BCUT2D eigenvalue weighted by molar-refractivity contribution is 5.59. The number of aliphatic imine (C=N–C) groups is 1. The van der Waals surface area contributed by atoms with Crippen molar-refractivity contribution in [2.24, 2.45) is 4.99 Å². The largest absolute Gasteiger partial charge is 0.471 e. The van der Waals surface area contributed by atoms with Crippen LogP contribution in [0.2, 0.25) is 0 Å². The van der Waals surface area contributed by atoms with Crippen LogP contribution < -0.4 is 0 Å². The molecule has 0 fully saturated rings. The van der Waals surface area contributed by atoms with Crippen molar-refractivity contribution in [3.8, 4) is 0 Å². The maximum absolute atomic E-state index is 5.50. The van der Waals surface area contributed by atoms with Gasteiger partial charge in [-0.15, -0.1) is 0 Å². The van der Waals surface area contributed by atoms with Crippen molar-refractivity contribution in [1.82, 2.24) is 0 Å². The van der Waals surface area contributed by atoms with Gasteiger partial charge in [0.15, 0.2) is 12.0 Å². The molecule has 2 aliphatic carbocycles. The predicted molar refractivity (Wildman–Crippen MR) is 47.1 cm³/mol. The summed E-state index contributed by atoms with van der Waals surface area (Å²) in [4.78, 5) is 4.10. The molecular formula is C10H9NO. The van der Waals surface area contributed by atoms with Gasteiger partial charge in [-0.05, 0) is 17.2 Å². The van der Waals surface area contributed by atoms with Crippen molar-refractivity contribution in [1.29, 1.82) is 0 Å². The van der Waals surface area contributed by atoms with Gasteiger partial charge in [0.2, 0.25) is 0 Å². The van der Waals surface area contributed by atoms with E-state index in [9.17, 15) is 0 Å². The summed E-state index contributed by atoms with van der Waals surface area (Å²) in [5.41, 5.74) is 2.59. The van der Waals surface area contributed by atoms with Crippen LogP contribution in [-0.2, 0) is 4.74 Å². The van der Waals surface area contributed by atoms with E-state index < -0.39 is 0 Å². The lowest BCUT2D eigenvalue weighted by Gasteiger charge is -2.18. The van der Waals surface area contributed by atoms with E-state index >= 15 is 0 Å². The van der Waals surface area contributed by atoms with Crippen molar-refractivity contribution in [2.45, 2.75) is 12.0 Å². The fourth-order valence-corrected chi connectivity index (χ4v) is 1.98. The van der Waals surface area contributed by atoms with Gasteiger partial charge in [0.25, 0.3) is 0 Å². The SMILES string of the molecule is C1=CC2=CC3(CN=CO3)CC2=C1. The Kier molecular flexibility index (Phi) is 0.980. The van der Waals surface area contributed by atoms with Crippen LogP contribution in [0.25, 0.3) is 0 Å². The van der Waals surface area contributed by atoms with Crippen LogP contribution >= 0.6 is 0 Å². The van der Waals surface area contributed by atoms with Crippen molar-refractivity contribution < 1.29 is 4.74 Å². The van der Waals surface area contributed by atoms with E-state index in [-0.39, 0.29) is 5.60 Å². The van der Waals surface area contributed by atoms with Crippen LogP contribution in [0.5, 0.6) is 0 Å². The van der Waals surface area contributed by atoms with Crippen LogP contribution in [-0.4, -0.2) is 18.5 Å². The summed E-state index contributed by atoms with van der Waals surface area (Å²) in [6.45, 7) is 0.779. The Hall–Kier alpha value is -1.31. The third kappa shape index (κ3) is 0.670. The average molecular weight is 159 g/mol. The van der Waals surface area contributed by atoms with Crippen molar-refractivity contribution in [3.05, 3.63) is 35.5 Å². The molecule has 12 heavy (non-hydrogen) atoms. The molecule has 0 N–H and O–H groups in total. The number of nitrogens with zero attached hydrogens (tertiary/aromatic N) is 1. The maximum atomic E-state index is 5.50. The summed E-state index contributed by atoms with van der Waals surface area (Å²) in [5, 5.41) is 0. The summed E-state index contributed by atoms with van der Waals surface area (Å²) in [5.74, 6) is 0. The van der Waals surface area contributed by atoms with Gasteiger partial charge in [0.1, 0.15) is 0 Å². The van der Waals surface area contributed by atoms with Crippen LogP contribution in [0.1, 0.15) is 6.42 Å². The molecular weight excluding hydrogens is 150 g/mol. The van der Waals surface area contributed by atoms with Crippen molar-refractivity contribution in [3.63, 3.8) is 0 Å². The molecule has 2 nitrogen and oxygen atoms in total. The molecule has 0 bridgehead atoms. The molecule has 1 aliphatic heterocycles. The van der Waals surface area contributed by atoms with Gasteiger partial charge in [-0.25, -0.2) is 0 Å². The second-order valence-electron chi connectivity index (χ2n) is 3.46. The maximum Gasteiger partial charge on any atom is 0.171 e. The molecule has 1 spiro atoms. The summed E-state index contributed by atoms with van der Waals surface area (Å²) in [7, 11) is 0. The van der Waals surface area contributed by atoms with E-state index in [0.717, 1.165) is 13.0 Å². The average Bonchev–Trinajstić information content (AvgIpc) is 2.66. The zero-order chi connectivity index (χ0) is 8.02. The first kappa shape index (κ1) is 6.23. The number of fused-ring (bicyclic) bond motifs is 1. The number of allylic oxidation sites excluding steroid dienone is 4. The summed E-state index contributed by atoms with van der Waals surface area (Å²) >= 11 is 0. The quantitative estimate of drug-likeness (QED) is 0.526. The first-order valence-electron chi connectivity index (χ1n) is 4.15. The first-order chi connectivity index (χ1) is 5.88. The monoisotopic (exact) mass is 159 g/mol. The minimum Gasteiger partial charge on any atom is -0.471 e. The Morgan fingerprint density at radius 3 is 3.25 bits per heavy atom. The molecule has 0 radical (unpaired) electrons. The second-order valence-corrected chi connectivity index (χ2v) is 3.46. The van der Waals surface area contributed by atoms with E-state index in [1.54, 1.807) is 6.40 Å². The molecule has 0 amide bonds. The molecule has 3 rings (SSSR count). The third-order valence-electron chi connectivity index (χ3n) is 2.57. The molecule has 0 saturated heterocycles. The number of ether oxygens (including phenoxy) is 1. The zero-order valence-corrected chi connectivity index (χ0v) is 6.66. The zero-order valence-electron chi connectivity index (χ0n) is 6.66. The molecule has 3 aliphatic rings. The standard InChI is InChI=1S/C10H9NO/c1-2-8-4-10(5-9(8)3-1)6-11-7-12-10/h1-4,7H,5-6H2. The number of hydrogen-bond donors (Lipinski definition) is 0. The molecule has 1 heterocycles. The summed E-state index contributed by atoms with van der Waals surface area (Å²) in [6.07, 6.45) is 11.1. The fraction of sp³-hybridized carbons (Fsp3) is 0.300. The third-order valence-corrected chi connectivity index (χ3v) is 2.57. The van der Waals surface area contributed by atoms with Crippen LogP contribution in [0.4, 0.5) is 0 Å². The van der Waals surface area contributed by atoms with Gasteiger partial charge < -0.3 is 4.74 Å². The van der Waals surface area contributed by atoms with Crippen molar-refractivity contribution in [2.75, 3.05) is 6.54 Å². The minimum atomic E-state index is -0.119. The van der Waals surface area contributed by atoms with Gasteiger partial charge >= 0.3 is 0 Å². The van der Waals surface area contributed by atoms with E-state index in [0.29, 0.717) is 0 Å². The molecule has 1 unspecified atom stereocenters. The van der Waals surface area contributed by atoms with Gasteiger partial charge in [0.05, 0.1) is 6.54 Å². The van der Waals surface area contributed by atoms with Crippen molar-refractivity contribution >= 4 is 6.40 Å². The van der Waals surface area contributed by atoms with Gasteiger partial charge in [0, 0.05) is 6.42 Å². The lowest BCUT2D eigenvalue weighted by atomic mass is 10.0. The minimum absolute atomic E-state index is 0.119. The Morgan fingerprint density at radius 2 is 2.50 bits per heavy atom. The van der Waals surface area contributed by atoms with E-state index in [1.165, 1.54) is 11.1 Å². The topological polar surface area (TPSA) is 21.6 Å². The van der Waals surface area contributed by atoms with E-state index in [2.05, 4.69) is 29.3 Å². The molecule has 0 aromatic carbocycles. The highest BCUT2D eigenvalue weighted by atomic mass is 16.5. The van der Waals surface area contributed by atoms with Crippen LogP contribution in [0, 0.1) is 0 Å². The second kappa shape index (κ2) is 1.89. The summed E-state index contributed by atoms with van der Waals surface area (Å²) in [6, 6.07) is 0. The van der Waals surface area contributed by atoms with Gasteiger partial charge in [-0.2, -0.15) is 0 Å². The van der Waals surface area contributed by atoms with E-state index in [4.69, 9.17) is 4.74 Å². The number of rotatable bonds is 0. The van der Waals surface area contributed by atoms with Gasteiger partial charge in [-0.3, -0.25) is 4.99 Å². The Balaban J connectivity index is 2.01. The fourth-order valence-electron chi connectivity index (χ4n) is 1.98. The Morgan fingerprint density at radius 1 is 1.50 bits per heavy atom. The summed E-state index contributed by atoms with van der Waals surface area (Å²) < 4.78 is 5.50. The molecule has 0 aromatic heterocycles.